The smallest absolute Gasteiger partial charge is 0.406 e. The molecule has 2 aromatic rings. The second-order valence-electron chi connectivity index (χ2n) is 7.68. The highest BCUT2D eigenvalue weighted by Crippen LogP contribution is 2.37. The van der Waals surface area contributed by atoms with Gasteiger partial charge in [-0.05, 0) is 60.6 Å². The van der Waals surface area contributed by atoms with Crippen LogP contribution in [0.15, 0.2) is 42.5 Å². The number of hydrogen-bond acceptors (Lipinski definition) is 3. The number of anilines is 2. The Bertz CT molecular complexity index is 859. The molecule has 1 fully saturated rings. The number of halogens is 3. The summed E-state index contributed by atoms with van der Waals surface area (Å²) < 4.78 is 45.8. The highest BCUT2D eigenvalue weighted by molar-refractivity contribution is 5.88. The minimum absolute atomic E-state index is 0.0179. The third-order valence-corrected chi connectivity index (χ3v) is 4.87. The summed E-state index contributed by atoms with van der Waals surface area (Å²) in [5.41, 5.74) is 1.57. The van der Waals surface area contributed by atoms with Gasteiger partial charge in [0.25, 0.3) is 0 Å². The molecular formula is C22H24F3NO3. The van der Waals surface area contributed by atoms with Crippen LogP contribution < -0.4 is 9.64 Å². The van der Waals surface area contributed by atoms with Crippen molar-refractivity contribution in [1.82, 2.24) is 0 Å². The van der Waals surface area contributed by atoms with Gasteiger partial charge in [0.05, 0.1) is 12.2 Å². The maximum Gasteiger partial charge on any atom is 0.406 e. The summed E-state index contributed by atoms with van der Waals surface area (Å²) in [5.74, 6) is 0.160. The minimum Gasteiger partial charge on any atom is -0.493 e. The van der Waals surface area contributed by atoms with Crippen molar-refractivity contribution < 1.29 is 27.8 Å². The van der Waals surface area contributed by atoms with Crippen molar-refractivity contribution in [2.45, 2.75) is 38.8 Å². The average molecular weight is 407 g/mol. The summed E-state index contributed by atoms with van der Waals surface area (Å²) in [4.78, 5) is 12.2. The fraction of sp³-hybridized carbons (Fsp3) is 0.409. The van der Waals surface area contributed by atoms with Crippen LogP contribution in [0.3, 0.4) is 0 Å². The lowest BCUT2D eigenvalue weighted by Crippen LogP contribution is -2.30. The van der Waals surface area contributed by atoms with Crippen LogP contribution >= 0.6 is 0 Å². The van der Waals surface area contributed by atoms with Gasteiger partial charge in [0.1, 0.15) is 12.3 Å². The maximum absolute atomic E-state index is 13.3. The molecule has 156 valence electrons. The van der Waals surface area contributed by atoms with Crippen molar-refractivity contribution in [3.63, 3.8) is 0 Å². The Labute approximate surface area is 167 Å². The normalized spacial score (nSPS) is 14.1. The molecule has 0 aromatic heterocycles. The van der Waals surface area contributed by atoms with Gasteiger partial charge in [-0.3, -0.25) is 0 Å². The molecule has 3 rings (SSSR count). The number of hydrogen-bond donors (Lipinski definition) is 1. The Kier molecular flexibility index (Phi) is 6.05. The van der Waals surface area contributed by atoms with Crippen molar-refractivity contribution in [2.75, 3.05) is 18.1 Å². The SMILES string of the molecule is CC(C)c1ccc(N(CC(F)(F)F)c2ccc(C(=O)O)cc2)cc1OCC1CC1. The molecule has 1 aliphatic carbocycles. The molecule has 2 aromatic carbocycles. The zero-order chi connectivity index (χ0) is 21.2. The number of rotatable bonds is 8. The third-order valence-electron chi connectivity index (χ3n) is 4.87. The predicted octanol–water partition coefficient (Wildman–Crippen LogP) is 6.00. The van der Waals surface area contributed by atoms with Crippen molar-refractivity contribution in [3.05, 3.63) is 53.6 Å². The molecule has 0 aliphatic heterocycles. The largest absolute Gasteiger partial charge is 0.493 e. The quantitative estimate of drug-likeness (QED) is 0.583. The van der Waals surface area contributed by atoms with E-state index < -0.39 is 18.7 Å². The number of benzene rings is 2. The second-order valence-corrected chi connectivity index (χ2v) is 7.68. The van der Waals surface area contributed by atoms with E-state index in [9.17, 15) is 18.0 Å². The van der Waals surface area contributed by atoms with Gasteiger partial charge in [0.15, 0.2) is 0 Å². The number of alkyl halides is 3. The van der Waals surface area contributed by atoms with Crippen LogP contribution in [0.2, 0.25) is 0 Å². The van der Waals surface area contributed by atoms with E-state index in [0.717, 1.165) is 23.3 Å². The van der Waals surface area contributed by atoms with E-state index in [-0.39, 0.29) is 17.2 Å². The van der Waals surface area contributed by atoms with Crippen molar-refractivity contribution in [3.8, 4) is 5.75 Å². The van der Waals surface area contributed by atoms with Gasteiger partial charge >= 0.3 is 12.1 Å². The van der Waals surface area contributed by atoms with E-state index in [1.807, 2.05) is 13.8 Å². The van der Waals surface area contributed by atoms with Crippen LogP contribution in [-0.4, -0.2) is 30.4 Å². The molecule has 0 unspecified atom stereocenters. The van der Waals surface area contributed by atoms with Crippen LogP contribution in [0.25, 0.3) is 0 Å². The minimum atomic E-state index is -4.43. The zero-order valence-electron chi connectivity index (χ0n) is 16.4. The molecule has 0 atom stereocenters. The number of carboxylic acids is 1. The van der Waals surface area contributed by atoms with Crippen molar-refractivity contribution in [1.29, 1.82) is 0 Å². The number of carbonyl (C=O) groups is 1. The van der Waals surface area contributed by atoms with Gasteiger partial charge in [0, 0.05) is 17.4 Å². The summed E-state index contributed by atoms with van der Waals surface area (Å²) >= 11 is 0. The lowest BCUT2D eigenvalue weighted by molar-refractivity contribution is -0.118. The standard InChI is InChI=1S/C22H24F3NO3/c1-14(2)19-10-9-18(11-20(19)29-12-15-3-4-15)26(13-22(23,24)25)17-7-5-16(6-8-17)21(27)28/h5-11,14-15H,3-4,12-13H2,1-2H3,(H,27,28). The van der Waals surface area contributed by atoms with Gasteiger partial charge < -0.3 is 14.7 Å². The molecule has 29 heavy (non-hydrogen) atoms. The number of ether oxygens (including phenoxy) is 1. The van der Waals surface area contributed by atoms with Crippen molar-refractivity contribution >= 4 is 17.3 Å². The molecule has 0 bridgehead atoms. The molecule has 4 nitrogen and oxygen atoms in total. The summed E-state index contributed by atoms with van der Waals surface area (Å²) in [7, 11) is 0. The topological polar surface area (TPSA) is 49.8 Å². The van der Waals surface area contributed by atoms with Gasteiger partial charge in [0.2, 0.25) is 0 Å². The first kappa shape index (κ1) is 21.0. The van der Waals surface area contributed by atoms with E-state index in [4.69, 9.17) is 9.84 Å². The van der Waals surface area contributed by atoms with Gasteiger partial charge in [-0.1, -0.05) is 19.9 Å². The zero-order valence-corrected chi connectivity index (χ0v) is 16.4. The first-order valence-corrected chi connectivity index (χ1v) is 9.58. The van der Waals surface area contributed by atoms with Gasteiger partial charge in [-0.15, -0.1) is 0 Å². The molecule has 0 spiro atoms. The lowest BCUT2D eigenvalue weighted by atomic mass is 10.0. The molecule has 0 heterocycles. The molecule has 1 saturated carbocycles. The van der Waals surface area contributed by atoms with E-state index in [2.05, 4.69) is 0 Å². The summed E-state index contributed by atoms with van der Waals surface area (Å²) in [6.45, 7) is 3.40. The number of aromatic carboxylic acids is 1. The summed E-state index contributed by atoms with van der Waals surface area (Å²) in [6, 6.07) is 10.5. The summed E-state index contributed by atoms with van der Waals surface area (Å²) in [6.07, 6.45) is -2.20. The second kappa shape index (κ2) is 8.35. The Morgan fingerprint density at radius 1 is 1.14 bits per heavy atom. The molecule has 1 aliphatic rings. The van der Waals surface area contributed by atoms with E-state index >= 15 is 0 Å². The Morgan fingerprint density at radius 2 is 1.76 bits per heavy atom. The van der Waals surface area contributed by atoms with Crippen LogP contribution in [0.5, 0.6) is 5.75 Å². The Hall–Kier alpha value is -2.70. The third kappa shape index (κ3) is 5.65. The predicted molar refractivity (Wildman–Crippen MR) is 105 cm³/mol. The molecular weight excluding hydrogens is 383 g/mol. The van der Waals surface area contributed by atoms with Gasteiger partial charge in [-0.25, -0.2) is 4.79 Å². The molecule has 0 saturated heterocycles. The molecule has 1 N–H and O–H groups in total. The number of nitrogens with zero attached hydrogens (tertiary/aromatic N) is 1. The Morgan fingerprint density at radius 3 is 2.28 bits per heavy atom. The fourth-order valence-corrected chi connectivity index (χ4v) is 3.08. The first-order valence-electron chi connectivity index (χ1n) is 9.58. The highest BCUT2D eigenvalue weighted by Gasteiger charge is 2.32. The van der Waals surface area contributed by atoms with Crippen LogP contribution in [-0.2, 0) is 0 Å². The average Bonchev–Trinajstić information content (AvgIpc) is 3.48. The van der Waals surface area contributed by atoms with Crippen molar-refractivity contribution in [2.24, 2.45) is 5.92 Å². The van der Waals surface area contributed by atoms with E-state index in [1.54, 1.807) is 18.2 Å². The fourth-order valence-electron chi connectivity index (χ4n) is 3.08. The van der Waals surface area contributed by atoms with Gasteiger partial charge in [-0.2, -0.15) is 13.2 Å². The molecule has 7 heteroatoms. The first-order chi connectivity index (χ1) is 13.6. The van der Waals surface area contributed by atoms with E-state index in [0.29, 0.717) is 24.0 Å². The molecule has 0 radical (unpaired) electrons. The van der Waals surface area contributed by atoms with E-state index in [1.165, 1.54) is 24.3 Å². The van der Waals surface area contributed by atoms with Crippen LogP contribution in [0, 0.1) is 5.92 Å². The monoisotopic (exact) mass is 407 g/mol. The van der Waals surface area contributed by atoms with Crippen LogP contribution in [0.4, 0.5) is 24.5 Å². The molecule has 0 amide bonds. The highest BCUT2D eigenvalue weighted by atomic mass is 19.4. The number of carboxylic acid groups (broad SMARTS) is 1. The summed E-state index contributed by atoms with van der Waals surface area (Å²) in [5, 5.41) is 9.04. The lowest BCUT2D eigenvalue weighted by Gasteiger charge is -2.27. The Balaban J connectivity index is 1.97. The maximum atomic E-state index is 13.3. The van der Waals surface area contributed by atoms with Crippen LogP contribution in [0.1, 0.15) is 48.5 Å².